The van der Waals surface area contributed by atoms with Crippen molar-refractivity contribution in [2.45, 2.75) is 4.90 Å². The quantitative estimate of drug-likeness (QED) is 0.832. The number of sulfonamides is 1. The number of hydrogen-bond acceptors (Lipinski definition) is 2. The van der Waals surface area contributed by atoms with Gasteiger partial charge in [-0.2, -0.15) is 0 Å². The summed E-state index contributed by atoms with van der Waals surface area (Å²) in [6, 6.07) is 10.1. The highest BCUT2D eigenvalue weighted by Crippen LogP contribution is 2.28. The normalized spacial score (nSPS) is 11.9. The fourth-order valence-electron chi connectivity index (χ4n) is 1.50. The van der Waals surface area contributed by atoms with Crippen LogP contribution in [-0.2, 0) is 10.0 Å². The van der Waals surface area contributed by atoms with Crippen molar-refractivity contribution < 1.29 is 8.42 Å². The van der Waals surface area contributed by atoms with Crippen molar-refractivity contribution >= 4 is 32.4 Å². The highest BCUT2D eigenvalue weighted by molar-refractivity contribution is 7.89. The monoisotopic (exact) mass is 241 g/mol. The number of rotatable bonds is 1. The lowest BCUT2D eigenvalue weighted by atomic mass is 10.1. The third-order valence-corrected chi connectivity index (χ3v) is 3.39. The Hall–Kier alpha value is -1.10. The number of halogens is 1. The van der Waals surface area contributed by atoms with Gasteiger partial charge in [0.15, 0.2) is 0 Å². The molecule has 0 fully saturated rings. The Kier molecular flexibility index (Phi) is 2.42. The van der Waals surface area contributed by atoms with Crippen molar-refractivity contribution in [2.75, 3.05) is 0 Å². The minimum Gasteiger partial charge on any atom is -0.225 e. The van der Waals surface area contributed by atoms with Crippen molar-refractivity contribution in [3.63, 3.8) is 0 Å². The Labute approximate surface area is 92.5 Å². The molecule has 0 radical (unpaired) electrons. The van der Waals surface area contributed by atoms with Gasteiger partial charge in [0, 0.05) is 10.4 Å². The average Bonchev–Trinajstić information content (AvgIpc) is 2.16. The minimum atomic E-state index is -3.74. The van der Waals surface area contributed by atoms with Crippen LogP contribution in [0.1, 0.15) is 0 Å². The summed E-state index contributed by atoms with van der Waals surface area (Å²) >= 11 is 5.95. The van der Waals surface area contributed by atoms with Gasteiger partial charge in [0.1, 0.15) is 0 Å². The van der Waals surface area contributed by atoms with Gasteiger partial charge in [-0.25, -0.2) is 13.6 Å². The second-order valence-corrected chi connectivity index (χ2v) is 5.08. The van der Waals surface area contributed by atoms with Gasteiger partial charge in [-0.3, -0.25) is 0 Å². The summed E-state index contributed by atoms with van der Waals surface area (Å²) < 4.78 is 22.6. The van der Waals surface area contributed by atoms with E-state index in [2.05, 4.69) is 0 Å². The van der Waals surface area contributed by atoms with Gasteiger partial charge in [-0.1, -0.05) is 35.9 Å². The smallest absolute Gasteiger partial charge is 0.225 e. The first-order valence-corrected chi connectivity index (χ1v) is 6.12. The summed E-state index contributed by atoms with van der Waals surface area (Å²) in [5.74, 6) is 0. The SMILES string of the molecule is NS(=O)(=O)c1cccc2cccc(Cl)c12. The van der Waals surface area contributed by atoms with Crippen LogP contribution in [0.25, 0.3) is 10.8 Å². The van der Waals surface area contributed by atoms with Gasteiger partial charge in [0.05, 0.1) is 4.90 Å². The number of benzene rings is 2. The molecule has 0 aliphatic heterocycles. The highest BCUT2D eigenvalue weighted by atomic mass is 35.5. The minimum absolute atomic E-state index is 0.0607. The molecule has 0 spiro atoms. The van der Waals surface area contributed by atoms with Gasteiger partial charge in [-0.05, 0) is 17.5 Å². The topological polar surface area (TPSA) is 60.2 Å². The summed E-state index contributed by atoms with van der Waals surface area (Å²) in [7, 11) is -3.74. The molecule has 78 valence electrons. The maximum atomic E-state index is 11.3. The molecular formula is C10H8ClNO2S. The molecule has 2 aromatic rings. The number of fused-ring (bicyclic) bond motifs is 1. The molecule has 0 saturated heterocycles. The van der Waals surface area contributed by atoms with E-state index in [9.17, 15) is 8.42 Å². The van der Waals surface area contributed by atoms with E-state index < -0.39 is 10.0 Å². The molecule has 0 unspecified atom stereocenters. The fourth-order valence-corrected chi connectivity index (χ4v) is 2.62. The summed E-state index contributed by atoms with van der Waals surface area (Å²) in [6.45, 7) is 0. The second-order valence-electron chi connectivity index (χ2n) is 3.14. The molecule has 0 saturated carbocycles. The van der Waals surface area contributed by atoms with E-state index >= 15 is 0 Å². The van der Waals surface area contributed by atoms with Crippen molar-refractivity contribution in [3.05, 3.63) is 41.4 Å². The van der Waals surface area contributed by atoms with E-state index in [-0.39, 0.29) is 4.90 Å². The molecule has 0 atom stereocenters. The van der Waals surface area contributed by atoms with Gasteiger partial charge in [0.25, 0.3) is 0 Å². The van der Waals surface area contributed by atoms with E-state index in [1.54, 1.807) is 30.3 Å². The lowest BCUT2D eigenvalue weighted by Crippen LogP contribution is -2.12. The standard InChI is InChI=1S/C10H8ClNO2S/c11-8-5-1-3-7-4-2-6-9(10(7)8)15(12,13)14/h1-6H,(H2,12,13,14). The molecule has 5 heteroatoms. The van der Waals surface area contributed by atoms with Gasteiger partial charge in [-0.15, -0.1) is 0 Å². The molecule has 0 bridgehead atoms. The van der Waals surface area contributed by atoms with Crippen molar-refractivity contribution in [2.24, 2.45) is 5.14 Å². The van der Waals surface area contributed by atoms with Crippen LogP contribution in [0, 0.1) is 0 Å². The van der Waals surface area contributed by atoms with Gasteiger partial charge >= 0.3 is 0 Å². The number of primary sulfonamides is 1. The van der Waals surface area contributed by atoms with E-state index in [0.717, 1.165) is 5.39 Å². The van der Waals surface area contributed by atoms with Crippen LogP contribution >= 0.6 is 11.6 Å². The third-order valence-electron chi connectivity index (χ3n) is 2.12. The Balaban J connectivity index is 2.99. The van der Waals surface area contributed by atoms with Crippen LogP contribution in [0.15, 0.2) is 41.3 Å². The lowest BCUT2D eigenvalue weighted by molar-refractivity contribution is 0.598. The van der Waals surface area contributed by atoms with Crippen LogP contribution in [0.3, 0.4) is 0 Å². The Morgan fingerprint density at radius 2 is 1.67 bits per heavy atom. The molecule has 3 nitrogen and oxygen atoms in total. The van der Waals surface area contributed by atoms with E-state index in [1.165, 1.54) is 6.07 Å². The van der Waals surface area contributed by atoms with Gasteiger partial charge < -0.3 is 0 Å². The van der Waals surface area contributed by atoms with Gasteiger partial charge in [0.2, 0.25) is 10.0 Å². The summed E-state index contributed by atoms with van der Waals surface area (Å²) in [6.07, 6.45) is 0. The van der Waals surface area contributed by atoms with E-state index in [1.807, 2.05) is 0 Å². The molecule has 0 heterocycles. The van der Waals surface area contributed by atoms with Crippen molar-refractivity contribution in [1.29, 1.82) is 0 Å². The fraction of sp³-hybridized carbons (Fsp3) is 0. The predicted octanol–water partition coefficient (Wildman–Crippen LogP) is 2.14. The second kappa shape index (κ2) is 3.48. The Bertz CT molecular complexity index is 617. The molecule has 2 aromatic carbocycles. The zero-order valence-corrected chi connectivity index (χ0v) is 9.22. The maximum Gasteiger partial charge on any atom is 0.238 e. The molecule has 2 N–H and O–H groups in total. The van der Waals surface area contributed by atoms with Crippen LogP contribution in [0.2, 0.25) is 5.02 Å². The first kappa shape index (κ1) is 10.4. The van der Waals surface area contributed by atoms with Crippen molar-refractivity contribution in [1.82, 2.24) is 0 Å². The summed E-state index contributed by atoms with van der Waals surface area (Å²) in [5, 5.41) is 6.73. The molecule has 2 rings (SSSR count). The average molecular weight is 242 g/mol. The maximum absolute atomic E-state index is 11.3. The number of nitrogens with two attached hydrogens (primary N) is 1. The molecular weight excluding hydrogens is 234 g/mol. The zero-order chi connectivity index (χ0) is 11.1. The van der Waals surface area contributed by atoms with Crippen LogP contribution in [0.4, 0.5) is 0 Å². The Morgan fingerprint density at radius 1 is 1.07 bits per heavy atom. The molecule has 0 aliphatic rings. The van der Waals surface area contributed by atoms with Crippen LogP contribution in [0.5, 0.6) is 0 Å². The van der Waals surface area contributed by atoms with Crippen LogP contribution in [-0.4, -0.2) is 8.42 Å². The van der Waals surface area contributed by atoms with E-state index in [4.69, 9.17) is 16.7 Å². The highest BCUT2D eigenvalue weighted by Gasteiger charge is 2.13. The summed E-state index contributed by atoms with van der Waals surface area (Å²) in [4.78, 5) is 0.0607. The summed E-state index contributed by atoms with van der Waals surface area (Å²) in [5.41, 5.74) is 0. The largest absolute Gasteiger partial charge is 0.238 e. The molecule has 0 amide bonds. The van der Waals surface area contributed by atoms with E-state index in [0.29, 0.717) is 10.4 Å². The zero-order valence-electron chi connectivity index (χ0n) is 7.64. The van der Waals surface area contributed by atoms with Crippen molar-refractivity contribution in [3.8, 4) is 0 Å². The lowest BCUT2D eigenvalue weighted by Gasteiger charge is -2.05. The molecule has 15 heavy (non-hydrogen) atoms. The first-order valence-electron chi connectivity index (χ1n) is 4.20. The molecule has 0 aromatic heterocycles. The Morgan fingerprint density at radius 3 is 2.27 bits per heavy atom. The molecule has 0 aliphatic carbocycles. The predicted molar refractivity (Wildman–Crippen MR) is 60.3 cm³/mol. The van der Waals surface area contributed by atoms with Crippen LogP contribution < -0.4 is 5.14 Å². The number of hydrogen-bond donors (Lipinski definition) is 1. The third kappa shape index (κ3) is 1.84. The first-order chi connectivity index (χ1) is 7.00.